The number of aliphatic hydroxyl groups is 5. The molecule has 2 aliphatic rings. The Morgan fingerprint density at radius 3 is 2.53 bits per heavy atom. The summed E-state index contributed by atoms with van der Waals surface area (Å²) < 4.78 is 18.0. The van der Waals surface area contributed by atoms with Crippen molar-refractivity contribution < 1.29 is 44.5 Å². The zero-order chi connectivity index (χ0) is 36.4. The fourth-order valence-electron chi connectivity index (χ4n) is 5.91. The van der Waals surface area contributed by atoms with Crippen LogP contribution in [0.3, 0.4) is 0 Å². The first-order valence-corrected chi connectivity index (χ1v) is 18.9. The third kappa shape index (κ3) is 10.9. The summed E-state index contributed by atoms with van der Waals surface area (Å²) in [6, 6.07) is 16.0. The second kappa shape index (κ2) is 18.8. The molecular weight excluding hydrogens is 696 g/mol. The van der Waals surface area contributed by atoms with Gasteiger partial charge in [-0.3, -0.25) is 9.78 Å². The average molecular weight is 745 g/mol. The predicted molar refractivity (Wildman–Crippen MR) is 195 cm³/mol. The number of carbonyl (C=O) groups is 1. The molecule has 0 saturated heterocycles. The molecule has 5 N–H and O–H groups in total. The van der Waals surface area contributed by atoms with Crippen molar-refractivity contribution in [3.8, 4) is 16.9 Å². The van der Waals surface area contributed by atoms with Gasteiger partial charge in [0.05, 0.1) is 24.9 Å². The zero-order valence-corrected chi connectivity index (χ0v) is 30.5. The number of para-hydroxylation sites is 1. The molecule has 3 aromatic rings. The number of aromatic nitrogens is 1. The minimum Gasteiger partial charge on any atom is -0.490 e. The molecule has 2 fully saturated rings. The SMILES string of the molecule is COCCCN(CC(O)C(O)C(O)C(O)CO)C(=O)CCCSc1ccc(Cl)c(COC2(c3cnccc3-c3ccccc3OC3CC3)CC2)c1. The number of rotatable bonds is 22. The summed E-state index contributed by atoms with van der Waals surface area (Å²) in [4.78, 5) is 20.0. The standard InChI is InChI=1S/C38H49ClN2O9S/c1-48-18-5-17-41(22-32(43)36(46)37(47)33(44)23-42)35(45)8-4-19-51-27-11-12-31(39)25(20-27)24-49-38(14-15-38)30-21-40-16-13-28(30)29-6-2-3-7-34(29)50-26-9-10-26/h2-3,6-7,11-13,16,20-21,26,32-33,36-37,42-44,46-47H,4-5,8-10,14-15,17-19,22-24H2,1H3. The lowest BCUT2D eigenvalue weighted by Gasteiger charge is -2.30. The molecule has 11 nitrogen and oxygen atoms in total. The Morgan fingerprint density at radius 2 is 1.80 bits per heavy atom. The van der Waals surface area contributed by atoms with E-state index in [1.165, 1.54) is 4.90 Å². The van der Waals surface area contributed by atoms with Gasteiger partial charge < -0.3 is 44.6 Å². The first kappa shape index (κ1) is 39.4. The highest BCUT2D eigenvalue weighted by Gasteiger charge is 2.48. The monoisotopic (exact) mass is 744 g/mol. The molecule has 2 aliphatic carbocycles. The van der Waals surface area contributed by atoms with E-state index in [0.29, 0.717) is 36.8 Å². The number of benzene rings is 2. The van der Waals surface area contributed by atoms with Gasteiger partial charge in [0.2, 0.25) is 5.91 Å². The molecule has 2 saturated carbocycles. The number of ether oxygens (including phenoxy) is 3. The number of pyridine rings is 1. The molecule has 51 heavy (non-hydrogen) atoms. The van der Waals surface area contributed by atoms with E-state index in [4.69, 9.17) is 30.9 Å². The molecule has 0 bridgehead atoms. The topological polar surface area (TPSA) is 162 Å². The Balaban J connectivity index is 1.16. The Hall–Kier alpha value is -2.78. The van der Waals surface area contributed by atoms with Gasteiger partial charge in [-0.1, -0.05) is 29.8 Å². The van der Waals surface area contributed by atoms with Crippen LogP contribution in [0.2, 0.25) is 5.02 Å². The summed E-state index contributed by atoms with van der Waals surface area (Å²) in [7, 11) is 1.55. The van der Waals surface area contributed by atoms with Crippen LogP contribution in [0.4, 0.5) is 0 Å². The van der Waals surface area contributed by atoms with E-state index in [2.05, 4.69) is 11.1 Å². The summed E-state index contributed by atoms with van der Waals surface area (Å²) in [5.74, 6) is 1.31. The third-order valence-corrected chi connectivity index (χ3v) is 10.6. The smallest absolute Gasteiger partial charge is 0.222 e. The van der Waals surface area contributed by atoms with Crippen molar-refractivity contribution in [1.82, 2.24) is 9.88 Å². The maximum absolute atomic E-state index is 13.1. The number of nitrogens with zero attached hydrogens (tertiary/aromatic N) is 2. The first-order valence-electron chi connectivity index (χ1n) is 17.5. The molecule has 0 radical (unpaired) electrons. The molecule has 0 spiro atoms. The van der Waals surface area contributed by atoms with Crippen molar-refractivity contribution in [2.45, 2.75) is 92.6 Å². The number of halogens is 1. The van der Waals surface area contributed by atoms with Crippen molar-refractivity contribution in [2.75, 3.05) is 39.2 Å². The minimum absolute atomic E-state index is 0.207. The summed E-state index contributed by atoms with van der Waals surface area (Å²) in [5, 5.41) is 50.0. The third-order valence-electron chi connectivity index (χ3n) is 9.20. The number of thioether (sulfide) groups is 1. The zero-order valence-electron chi connectivity index (χ0n) is 28.9. The number of carbonyl (C=O) groups excluding carboxylic acids is 1. The van der Waals surface area contributed by atoms with E-state index in [1.807, 2.05) is 48.7 Å². The molecule has 4 unspecified atom stereocenters. The van der Waals surface area contributed by atoms with Crippen LogP contribution < -0.4 is 4.74 Å². The van der Waals surface area contributed by atoms with Gasteiger partial charge in [0, 0.05) is 66.7 Å². The molecule has 278 valence electrons. The van der Waals surface area contributed by atoms with E-state index in [0.717, 1.165) is 58.6 Å². The van der Waals surface area contributed by atoms with Gasteiger partial charge >= 0.3 is 0 Å². The van der Waals surface area contributed by atoms with Crippen LogP contribution in [-0.2, 0) is 26.5 Å². The lowest BCUT2D eigenvalue weighted by molar-refractivity contribution is -0.140. The van der Waals surface area contributed by atoms with E-state index < -0.39 is 36.6 Å². The lowest BCUT2D eigenvalue weighted by Crippen LogP contribution is -2.50. The summed E-state index contributed by atoms with van der Waals surface area (Å²) >= 11 is 8.24. The molecule has 1 aromatic heterocycles. The summed E-state index contributed by atoms with van der Waals surface area (Å²) in [5.41, 5.74) is 3.55. The molecule has 5 rings (SSSR count). The predicted octanol–water partition coefficient (Wildman–Crippen LogP) is 4.32. The minimum atomic E-state index is -1.76. The van der Waals surface area contributed by atoms with Crippen LogP contribution in [0.25, 0.3) is 11.1 Å². The Labute approximate surface area is 308 Å². The van der Waals surface area contributed by atoms with E-state index in [1.54, 1.807) is 25.1 Å². The van der Waals surface area contributed by atoms with Crippen molar-refractivity contribution >= 4 is 29.3 Å². The first-order chi connectivity index (χ1) is 24.7. The number of methoxy groups -OCH3 is 1. The maximum atomic E-state index is 13.1. The number of hydrogen-bond acceptors (Lipinski definition) is 11. The van der Waals surface area contributed by atoms with Gasteiger partial charge in [-0.2, -0.15) is 0 Å². The van der Waals surface area contributed by atoms with Crippen LogP contribution in [-0.4, -0.2) is 111 Å². The second-order valence-corrected chi connectivity index (χ2v) is 14.8. The van der Waals surface area contributed by atoms with Crippen LogP contribution in [0, 0.1) is 0 Å². The highest BCUT2D eigenvalue weighted by atomic mass is 35.5. The summed E-state index contributed by atoms with van der Waals surface area (Å²) in [6.45, 7) is -0.00334. The highest BCUT2D eigenvalue weighted by Crippen LogP contribution is 2.53. The highest BCUT2D eigenvalue weighted by molar-refractivity contribution is 7.99. The number of amides is 1. The fraction of sp³-hybridized carbons (Fsp3) is 0.526. The molecule has 2 aromatic carbocycles. The van der Waals surface area contributed by atoms with Gasteiger partial charge in [-0.15, -0.1) is 11.8 Å². The van der Waals surface area contributed by atoms with Gasteiger partial charge in [-0.25, -0.2) is 0 Å². The normalized spacial score (nSPS) is 17.4. The second-order valence-electron chi connectivity index (χ2n) is 13.2. The molecule has 4 atom stereocenters. The van der Waals surface area contributed by atoms with E-state index in [9.17, 15) is 25.2 Å². The molecule has 0 aliphatic heterocycles. The van der Waals surface area contributed by atoms with Crippen LogP contribution in [0.1, 0.15) is 56.1 Å². The lowest BCUT2D eigenvalue weighted by atomic mass is 9.96. The molecule has 13 heteroatoms. The molecule has 1 amide bonds. The maximum Gasteiger partial charge on any atom is 0.222 e. The van der Waals surface area contributed by atoms with Crippen molar-refractivity contribution in [3.05, 3.63) is 77.1 Å². The Morgan fingerprint density at radius 1 is 1.04 bits per heavy atom. The fourth-order valence-corrected chi connectivity index (χ4v) is 6.99. The quantitative estimate of drug-likeness (QED) is 0.0736. The van der Waals surface area contributed by atoms with Gasteiger partial charge in [0.25, 0.3) is 0 Å². The Bertz CT molecular complexity index is 1570. The van der Waals surface area contributed by atoms with Crippen LogP contribution >= 0.6 is 23.4 Å². The van der Waals surface area contributed by atoms with Gasteiger partial charge in [0.1, 0.15) is 30.2 Å². The van der Waals surface area contributed by atoms with E-state index >= 15 is 0 Å². The van der Waals surface area contributed by atoms with Crippen molar-refractivity contribution in [3.63, 3.8) is 0 Å². The number of aliphatic hydroxyl groups excluding tert-OH is 5. The van der Waals surface area contributed by atoms with Crippen LogP contribution in [0.5, 0.6) is 5.75 Å². The van der Waals surface area contributed by atoms with Gasteiger partial charge in [-0.05, 0) is 85.7 Å². The summed E-state index contributed by atoms with van der Waals surface area (Å²) in [6.07, 6.45) is 2.55. The van der Waals surface area contributed by atoms with E-state index in [-0.39, 0.29) is 31.5 Å². The van der Waals surface area contributed by atoms with Crippen LogP contribution in [0.15, 0.2) is 65.8 Å². The number of hydrogen-bond donors (Lipinski definition) is 5. The average Bonchev–Trinajstić information content (AvgIpc) is 4.10. The largest absolute Gasteiger partial charge is 0.490 e. The Kier molecular flexibility index (Phi) is 14.5. The van der Waals surface area contributed by atoms with Crippen molar-refractivity contribution in [1.29, 1.82) is 0 Å². The molecular formula is C38H49ClN2O9S. The van der Waals surface area contributed by atoms with Gasteiger partial charge in [0.15, 0.2) is 0 Å². The van der Waals surface area contributed by atoms with Crippen molar-refractivity contribution in [2.24, 2.45) is 0 Å². The molecule has 1 heterocycles.